The summed E-state index contributed by atoms with van der Waals surface area (Å²) >= 11 is 0. The van der Waals surface area contributed by atoms with Crippen LogP contribution in [0.25, 0.3) is 0 Å². The van der Waals surface area contributed by atoms with E-state index in [9.17, 15) is 14.4 Å². The molecule has 0 aromatic heterocycles. The molecule has 0 aliphatic rings. The Labute approximate surface area is 390 Å². The van der Waals surface area contributed by atoms with Crippen molar-refractivity contribution >= 4 is 17.9 Å². The Morgan fingerprint density at radius 2 is 0.571 bits per heavy atom. The Balaban J connectivity index is 4.31. The van der Waals surface area contributed by atoms with Crippen molar-refractivity contribution in [2.24, 2.45) is 0 Å². The highest BCUT2D eigenvalue weighted by Gasteiger charge is 2.19. The van der Waals surface area contributed by atoms with E-state index in [0.717, 1.165) is 103 Å². The first-order chi connectivity index (χ1) is 31.0. The van der Waals surface area contributed by atoms with Crippen LogP contribution in [0.1, 0.15) is 265 Å². The average Bonchev–Trinajstić information content (AvgIpc) is 3.28. The molecule has 0 bridgehead atoms. The summed E-state index contributed by atoms with van der Waals surface area (Å²) in [4.78, 5) is 37.9. The topological polar surface area (TPSA) is 78.9 Å². The Morgan fingerprint density at radius 1 is 0.317 bits per heavy atom. The molecule has 0 aliphatic heterocycles. The Kier molecular flexibility index (Phi) is 49.4. The van der Waals surface area contributed by atoms with Gasteiger partial charge in [-0.2, -0.15) is 0 Å². The highest BCUT2D eigenvalue weighted by atomic mass is 16.6. The van der Waals surface area contributed by atoms with E-state index in [1.54, 1.807) is 0 Å². The number of unbranched alkanes of at least 4 members (excludes halogenated alkanes) is 27. The molecule has 0 aromatic rings. The zero-order valence-corrected chi connectivity index (χ0v) is 41.6. The van der Waals surface area contributed by atoms with E-state index in [-0.39, 0.29) is 31.1 Å². The molecule has 0 N–H and O–H groups in total. The molecule has 0 spiro atoms. The van der Waals surface area contributed by atoms with Crippen LogP contribution in [0, 0.1) is 0 Å². The van der Waals surface area contributed by atoms with Crippen molar-refractivity contribution in [3.05, 3.63) is 60.8 Å². The second kappa shape index (κ2) is 51.7. The number of carbonyl (C=O) groups excluding carboxylic acids is 3. The van der Waals surface area contributed by atoms with Crippen LogP contribution in [0.15, 0.2) is 60.8 Å². The standard InChI is InChI=1S/C57H100O6/c1-4-7-10-13-16-19-21-23-25-27-28-29-30-31-33-34-36-38-41-44-47-50-56(59)62-53-54(52-61-55(58)49-46-43-40-18-15-12-9-6-3)63-57(60)51-48-45-42-39-37-35-32-26-24-22-20-17-14-11-8-5-2/h20-23,26-28,30-32,54H,4-19,24-25,29,33-53H2,1-3H3/b22-20-,23-21-,28-27-,31-30-,32-26-. The van der Waals surface area contributed by atoms with Gasteiger partial charge in [0.25, 0.3) is 0 Å². The predicted octanol–water partition coefficient (Wildman–Crippen LogP) is 17.6. The van der Waals surface area contributed by atoms with Gasteiger partial charge in [-0.15, -0.1) is 0 Å². The summed E-state index contributed by atoms with van der Waals surface area (Å²) in [6.45, 7) is 6.56. The minimum Gasteiger partial charge on any atom is -0.462 e. The van der Waals surface area contributed by atoms with Gasteiger partial charge in [0, 0.05) is 19.3 Å². The van der Waals surface area contributed by atoms with Crippen molar-refractivity contribution in [1.82, 2.24) is 0 Å². The molecule has 0 aromatic carbocycles. The molecular formula is C57H100O6. The van der Waals surface area contributed by atoms with Crippen molar-refractivity contribution in [3.63, 3.8) is 0 Å². The summed E-state index contributed by atoms with van der Waals surface area (Å²) in [5.74, 6) is -0.910. The van der Waals surface area contributed by atoms with Crippen LogP contribution in [0.4, 0.5) is 0 Å². The molecule has 0 radical (unpaired) electrons. The molecule has 0 aliphatic carbocycles. The molecular weight excluding hydrogens is 781 g/mol. The average molecular weight is 881 g/mol. The first kappa shape index (κ1) is 60.1. The number of hydrogen-bond donors (Lipinski definition) is 0. The van der Waals surface area contributed by atoms with E-state index in [1.165, 1.54) is 122 Å². The Hall–Kier alpha value is -2.89. The smallest absolute Gasteiger partial charge is 0.306 e. The van der Waals surface area contributed by atoms with Crippen molar-refractivity contribution in [1.29, 1.82) is 0 Å². The summed E-state index contributed by atoms with van der Waals surface area (Å²) in [5.41, 5.74) is 0. The quantitative estimate of drug-likeness (QED) is 0.0262. The first-order valence-electron chi connectivity index (χ1n) is 26.8. The highest BCUT2D eigenvalue weighted by Crippen LogP contribution is 2.14. The summed E-state index contributed by atoms with van der Waals surface area (Å²) in [6.07, 6.45) is 63.5. The van der Waals surface area contributed by atoms with Gasteiger partial charge in [-0.1, -0.05) is 216 Å². The van der Waals surface area contributed by atoms with Crippen LogP contribution in [0.5, 0.6) is 0 Å². The van der Waals surface area contributed by atoms with Gasteiger partial charge in [-0.3, -0.25) is 14.4 Å². The molecule has 0 fully saturated rings. The van der Waals surface area contributed by atoms with Crippen LogP contribution >= 0.6 is 0 Å². The monoisotopic (exact) mass is 881 g/mol. The maximum absolute atomic E-state index is 12.8. The van der Waals surface area contributed by atoms with Gasteiger partial charge in [0.2, 0.25) is 0 Å². The molecule has 0 saturated heterocycles. The summed E-state index contributed by atoms with van der Waals surface area (Å²) in [5, 5.41) is 0. The minimum atomic E-state index is -0.784. The first-order valence-corrected chi connectivity index (χ1v) is 26.8. The third kappa shape index (κ3) is 50.0. The molecule has 0 saturated carbocycles. The Morgan fingerprint density at radius 3 is 0.905 bits per heavy atom. The van der Waals surface area contributed by atoms with Crippen LogP contribution in [0.3, 0.4) is 0 Å². The number of hydrogen-bond acceptors (Lipinski definition) is 6. The summed E-state index contributed by atoms with van der Waals surface area (Å²) in [7, 11) is 0. The van der Waals surface area contributed by atoms with E-state index in [2.05, 4.69) is 81.5 Å². The number of carbonyl (C=O) groups is 3. The van der Waals surface area contributed by atoms with E-state index in [0.29, 0.717) is 19.3 Å². The maximum atomic E-state index is 12.8. The summed E-state index contributed by atoms with van der Waals surface area (Å²) < 4.78 is 16.7. The molecule has 1 atom stereocenters. The maximum Gasteiger partial charge on any atom is 0.306 e. The molecule has 63 heavy (non-hydrogen) atoms. The lowest BCUT2D eigenvalue weighted by molar-refractivity contribution is -0.167. The lowest BCUT2D eigenvalue weighted by Crippen LogP contribution is -2.30. The van der Waals surface area contributed by atoms with Gasteiger partial charge in [-0.05, 0) is 89.9 Å². The van der Waals surface area contributed by atoms with E-state index < -0.39 is 6.10 Å². The molecule has 6 heteroatoms. The third-order valence-electron chi connectivity index (χ3n) is 11.5. The van der Waals surface area contributed by atoms with Crippen molar-refractivity contribution in [3.8, 4) is 0 Å². The Bertz CT molecular complexity index is 1150. The van der Waals surface area contributed by atoms with Crippen molar-refractivity contribution in [2.45, 2.75) is 271 Å². The summed E-state index contributed by atoms with van der Waals surface area (Å²) in [6, 6.07) is 0. The van der Waals surface area contributed by atoms with Crippen LogP contribution in [0.2, 0.25) is 0 Å². The molecule has 0 rings (SSSR count). The molecule has 364 valence electrons. The van der Waals surface area contributed by atoms with Crippen molar-refractivity contribution < 1.29 is 28.6 Å². The van der Waals surface area contributed by atoms with E-state index >= 15 is 0 Å². The lowest BCUT2D eigenvalue weighted by atomic mass is 10.1. The normalized spacial score (nSPS) is 12.5. The second-order valence-corrected chi connectivity index (χ2v) is 17.8. The zero-order chi connectivity index (χ0) is 45.8. The van der Waals surface area contributed by atoms with Crippen LogP contribution in [-0.4, -0.2) is 37.2 Å². The van der Waals surface area contributed by atoms with Gasteiger partial charge < -0.3 is 14.2 Å². The zero-order valence-electron chi connectivity index (χ0n) is 41.6. The fraction of sp³-hybridized carbons (Fsp3) is 0.772. The molecule has 6 nitrogen and oxygen atoms in total. The minimum absolute atomic E-state index is 0.0834. The van der Waals surface area contributed by atoms with Gasteiger partial charge in [0.05, 0.1) is 0 Å². The second-order valence-electron chi connectivity index (χ2n) is 17.8. The number of allylic oxidation sites excluding steroid dienone is 10. The molecule has 0 amide bonds. The van der Waals surface area contributed by atoms with Gasteiger partial charge in [0.1, 0.15) is 13.2 Å². The fourth-order valence-corrected chi connectivity index (χ4v) is 7.42. The van der Waals surface area contributed by atoms with Crippen molar-refractivity contribution in [2.75, 3.05) is 13.2 Å². The number of rotatable bonds is 48. The third-order valence-corrected chi connectivity index (χ3v) is 11.5. The SMILES string of the molecule is CCCCCC/C=C\C/C=C\CCCCCCCC(=O)OC(COC(=O)CCCCCCCC/C=C\C/C=C\C/C=C\CCCCCCC)COC(=O)CCCCCCCCCC. The lowest BCUT2D eigenvalue weighted by Gasteiger charge is -2.18. The van der Waals surface area contributed by atoms with E-state index in [4.69, 9.17) is 14.2 Å². The number of esters is 3. The molecule has 0 heterocycles. The van der Waals surface area contributed by atoms with Gasteiger partial charge in [-0.25, -0.2) is 0 Å². The number of ether oxygens (including phenoxy) is 3. The van der Waals surface area contributed by atoms with E-state index in [1.807, 2.05) is 0 Å². The van der Waals surface area contributed by atoms with Crippen LogP contribution < -0.4 is 0 Å². The van der Waals surface area contributed by atoms with Gasteiger partial charge >= 0.3 is 17.9 Å². The van der Waals surface area contributed by atoms with Crippen LogP contribution in [-0.2, 0) is 28.6 Å². The highest BCUT2D eigenvalue weighted by molar-refractivity contribution is 5.71. The predicted molar refractivity (Wildman–Crippen MR) is 270 cm³/mol. The largest absolute Gasteiger partial charge is 0.462 e. The van der Waals surface area contributed by atoms with Gasteiger partial charge in [0.15, 0.2) is 6.10 Å². The molecule has 1 unspecified atom stereocenters. The fourth-order valence-electron chi connectivity index (χ4n) is 7.42.